The van der Waals surface area contributed by atoms with Crippen molar-refractivity contribution < 1.29 is 0 Å². The van der Waals surface area contributed by atoms with Crippen molar-refractivity contribution in [2.75, 3.05) is 0 Å². The van der Waals surface area contributed by atoms with E-state index < -0.39 is 0 Å². The summed E-state index contributed by atoms with van der Waals surface area (Å²) in [5, 5.41) is 4.27. The monoisotopic (exact) mass is 214 g/mol. The van der Waals surface area contributed by atoms with Gasteiger partial charge in [0.15, 0.2) is 0 Å². The van der Waals surface area contributed by atoms with E-state index >= 15 is 0 Å². The van der Waals surface area contributed by atoms with Gasteiger partial charge in [-0.2, -0.15) is 5.10 Å². The highest BCUT2D eigenvalue weighted by Gasteiger charge is 2.28. The van der Waals surface area contributed by atoms with Crippen LogP contribution in [0.25, 0.3) is 0 Å². The van der Waals surface area contributed by atoms with Crippen LogP contribution in [-0.4, -0.2) is 9.78 Å². The Morgan fingerprint density at radius 1 is 1.73 bits per heavy atom. The topological polar surface area (TPSA) is 17.8 Å². The van der Waals surface area contributed by atoms with Crippen LogP contribution in [0.15, 0.2) is 10.7 Å². The molecule has 0 saturated heterocycles. The van der Waals surface area contributed by atoms with E-state index in [0.717, 1.165) is 12.5 Å². The number of aromatic nitrogens is 2. The summed E-state index contributed by atoms with van der Waals surface area (Å²) >= 11 is 3.52. The molecule has 1 saturated carbocycles. The van der Waals surface area contributed by atoms with Gasteiger partial charge in [0.2, 0.25) is 0 Å². The van der Waals surface area contributed by atoms with Crippen LogP contribution in [-0.2, 0) is 6.54 Å². The van der Waals surface area contributed by atoms with E-state index in [1.54, 1.807) is 0 Å². The second-order valence-corrected chi connectivity index (χ2v) is 3.82. The van der Waals surface area contributed by atoms with Crippen molar-refractivity contribution >= 4 is 15.9 Å². The number of aryl methyl sites for hydroxylation is 1. The largest absolute Gasteiger partial charge is 0.268 e. The van der Waals surface area contributed by atoms with Crippen molar-refractivity contribution in [1.29, 1.82) is 0 Å². The third kappa shape index (κ3) is 1.22. The van der Waals surface area contributed by atoms with Crippen molar-refractivity contribution in [1.82, 2.24) is 9.78 Å². The third-order valence-corrected chi connectivity index (χ3v) is 2.71. The van der Waals surface area contributed by atoms with Crippen LogP contribution in [0.1, 0.15) is 31.4 Å². The van der Waals surface area contributed by atoms with Gasteiger partial charge in [0.25, 0.3) is 0 Å². The van der Waals surface area contributed by atoms with Gasteiger partial charge in [0, 0.05) is 12.5 Å². The first-order valence-electron chi connectivity index (χ1n) is 4.04. The van der Waals surface area contributed by atoms with Crippen LogP contribution in [0, 0.1) is 0 Å². The lowest BCUT2D eigenvalue weighted by atomic mass is 10.3. The number of halogens is 1. The van der Waals surface area contributed by atoms with Gasteiger partial charge in [-0.05, 0) is 35.7 Å². The van der Waals surface area contributed by atoms with Gasteiger partial charge >= 0.3 is 0 Å². The highest BCUT2D eigenvalue weighted by molar-refractivity contribution is 9.10. The Bertz CT molecular complexity index is 263. The van der Waals surface area contributed by atoms with Crippen molar-refractivity contribution in [2.24, 2.45) is 0 Å². The van der Waals surface area contributed by atoms with Gasteiger partial charge in [0.05, 0.1) is 16.4 Å². The van der Waals surface area contributed by atoms with Gasteiger partial charge in [-0.25, -0.2) is 0 Å². The normalized spacial score (nSPS) is 17.3. The Balaban J connectivity index is 2.38. The lowest BCUT2D eigenvalue weighted by Gasteiger charge is -2.02. The Morgan fingerprint density at radius 2 is 2.45 bits per heavy atom. The molecule has 0 N–H and O–H groups in total. The molecule has 1 aliphatic rings. The molecule has 60 valence electrons. The average Bonchev–Trinajstić information content (AvgIpc) is 2.76. The van der Waals surface area contributed by atoms with E-state index in [4.69, 9.17) is 0 Å². The maximum atomic E-state index is 4.27. The Hall–Kier alpha value is -0.310. The second-order valence-electron chi connectivity index (χ2n) is 2.97. The highest BCUT2D eigenvalue weighted by Crippen LogP contribution is 2.42. The number of hydrogen-bond donors (Lipinski definition) is 0. The quantitative estimate of drug-likeness (QED) is 0.741. The van der Waals surface area contributed by atoms with Crippen molar-refractivity contribution in [3.63, 3.8) is 0 Å². The summed E-state index contributed by atoms with van der Waals surface area (Å²) in [4.78, 5) is 0. The maximum Gasteiger partial charge on any atom is 0.0635 e. The summed E-state index contributed by atoms with van der Waals surface area (Å²) in [6.45, 7) is 3.11. The summed E-state index contributed by atoms with van der Waals surface area (Å²) in [7, 11) is 0. The van der Waals surface area contributed by atoms with Gasteiger partial charge in [-0.15, -0.1) is 0 Å². The third-order valence-electron chi connectivity index (χ3n) is 2.10. The molecule has 0 unspecified atom stereocenters. The Labute approximate surface area is 74.7 Å². The molecule has 2 rings (SSSR count). The molecule has 1 aromatic heterocycles. The van der Waals surface area contributed by atoms with Gasteiger partial charge < -0.3 is 0 Å². The molecule has 2 nitrogen and oxygen atoms in total. The molecule has 0 amide bonds. The van der Waals surface area contributed by atoms with E-state index in [1.165, 1.54) is 23.0 Å². The molecule has 0 aromatic carbocycles. The van der Waals surface area contributed by atoms with Crippen LogP contribution in [0.5, 0.6) is 0 Å². The zero-order valence-electron chi connectivity index (χ0n) is 6.55. The fraction of sp³-hybridized carbons (Fsp3) is 0.625. The molecule has 3 heteroatoms. The molecule has 0 bridgehead atoms. The van der Waals surface area contributed by atoms with E-state index in [9.17, 15) is 0 Å². The van der Waals surface area contributed by atoms with Crippen molar-refractivity contribution in [2.45, 2.75) is 32.2 Å². The summed E-state index contributed by atoms with van der Waals surface area (Å²) in [5.41, 5.74) is 1.40. The number of nitrogens with zero attached hydrogens (tertiary/aromatic N) is 2. The smallest absolute Gasteiger partial charge is 0.0635 e. The first-order chi connectivity index (χ1) is 5.33. The van der Waals surface area contributed by atoms with E-state index in [-0.39, 0.29) is 0 Å². The summed E-state index contributed by atoms with van der Waals surface area (Å²) in [6.07, 6.45) is 4.58. The van der Waals surface area contributed by atoms with Crippen LogP contribution in [0.2, 0.25) is 0 Å². The lowest BCUT2D eigenvalue weighted by Crippen LogP contribution is -2.00. The molecular weight excluding hydrogens is 204 g/mol. The van der Waals surface area contributed by atoms with Gasteiger partial charge in [0.1, 0.15) is 0 Å². The first kappa shape index (κ1) is 7.35. The molecule has 1 heterocycles. The van der Waals surface area contributed by atoms with Crippen LogP contribution in [0.4, 0.5) is 0 Å². The van der Waals surface area contributed by atoms with Gasteiger partial charge in [-0.1, -0.05) is 0 Å². The molecule has 0 atom stereocenters. The molecule has 1 aliphatic carbocycles. The molecule has 1 aromatic rings. The predicted molar refractivity (Wildman–Crippen MR) is 47.6 cm³/mol. The zero-order chi connectivity index (χ0) is 7.84. The zero-order valence-corrected chi connectivity index (χ0v) is 8.13. The van der Waals surface area contributed by atoms with Crippen LogP contribution < -0.4 is 0 Å². The van der Waals surface area contributed by atoms with E-state index in [0.29, 0.717) is 0 Å². The number of hydrogen-bond acceptors (Lipinski definition) is 1. The Kier molecular flexibility index (Phi) is 1.75. The molecule has 0 spiro atoms. The Morgan fingerprint density at radius 3 is 3.00 bits per heavy atom. The van der Waals surface area contributed by atoms with Crippen molar-refractivity contribution in [3.8, 4) is 0 Å². The average molecular weight is 215 g/mol. The molecule has 0 aliphatic heterocycles. The minimum absolute atomic E-state index is 0.784. The summed E-state index contributed by atoms with van der Waals surface area (Å²) in [5.74, 6) is 0.784. The summed E-state index contributed by atoms with van der Waals surface area (Å²) < 4.78 is 3.27. The van der Waals surface area contributed by atoms with Crippen LogP contribution in [0.3, 0.4) is 0 Å². The fourth-order valence-corrected chi connectivity index (χ4v) is 2.01. The lowest BCUT2D eigenvalue weighted by molar-refractivity contribution is 0.622. The highest BCUT2D eigenvalue weighted by atomic mass is 79.9. The minimum Gasteiger partial charge on any atom is -0.268 e. The van der Waals surface area contributed by atoms with E-state index in [1.807, 2.05) is 6.20 Å². The first-order valence-corrected chi connectivity index (χ1v) is 4.83. The molecular formula is C8H11BrN2. The predicted octanol–water partition coefficient (Wildman–Crippen LogP) is 2.54. The molecule has 11 heavy (non-hydrogen) atoms. The fourth-order valence-electron chi connectivity index (χ4n) is 1.39. The summed E-state index contributed by atoms with van der Waals surface area (Å²) in [6, 6.07) is 0. The van der Waals surface area contributed by atoms with E-state index in [2.05, 4.69) is 32.6 Å². The molecule has 1 fully saturated rings. The van der Waals surface area contributed by atoms with Crippen molar-refractivity contribution in [3.05, 3.63) is 16.4 Å². The van der Waals surface area contributed by atoms with Crippen LogP contribution >= 0.6 is 15.9 Å². The van der Waals surface area contributed by atoms with Gasteiger partial charge in [-0.3, -0.25) is 4.68 Å². The maximum absolute atomic E-state index is 4.27. The SMILES string of the molecule is CCn1ncc(Br)c1C1CC1. The number of rotatable bonds is 2. The molecule has 0 radical (unpaired) electrons. The standard InChI is InChI=1S/C8H11BrN2/c1-2-11-8(6-3-4-6)7(9)5-10-11/h5-6H,2-4H2,1H3. The minimum atomic E-state index is 0.784. The second kappa shape index (κ2) is 2.63.